The predicted octanol–water partition coefficient (Wildman–Crippen LogP) is 4.65. The van der Waals surface area contributed by atoms with Crippen molar-refractivity contribution in [2.75, 3.05) is 6.54 Å². The number of rotatable bonds is 3. The second-order valence-electron chi connectivity index (χ2n) is 7.48. The fourth-order valence-electron chi connectivity index (χ4n) is 3.56. The van der Waals surface area contributed by atoms with Crippen molar-refractivity contribution in [2.45, 2.75) is 12.6 Å². The van der Waals surface area contributed by atoms with Crippen LogP contribution in [0.2, 0.25) is 0 Å². The summed E-state index contributed by atoms with van der Waals surface area (Å²) in [6.07, 6.45) is 3.62. The van der Waals surface area contributed by atoms with E-state index in [1.807, 2.05) is 42.6 Å². The Labute approximate surface area is 191 Å². The molecule has 0 aliphatic carbocycles. The third kappa shape index (κ3) is 5.01. The van der Waals surface area contributed by atoms with Crippen molar-refractivity contribution < 1.29 is 27.9 Å². The van der Waals surface area contributed by atoms with Crippen LogP contribution in [0.4, 0.5) is 13.2 Å². The number of carboxylic acid groups (broad SMARTS) is 1. The van der Waals surface area contributed by atoms with Crippen LogP contribution < -0.4 is 5.32 Å². The van der Waals surface area contributed by atoms with Gasteiger partial charge in [-0.05, 0) is 35.9 Å². The van der Waals surface area contributed by atoms with Gasteiger partial charge >= 0.3 is 12.1 Å². The zero-order chi connectivity index (χ0) is 24.3. The Kier molecular flexibility index (Phi) is 6.22. The van der Waals surface area contributed by atoms with Crippen LogP contribution in [-0.2, 0) is 11.2 Å². The van der Waals surface area contributed by atoms with Gasteiger partial charge in [0, 0.05) is 53.2 Å². The number of aromatic amines is 2. The molecule has 10 heteroatoms. The van der Waals surface area contributed by atoms with Crippen LogP contribution >= 0.6 is 0 Å². The van der Waals surface area contributed by atoms with Gasteiger partial charge in [-0.2, -0.15) is 13.2 Å². The van der Waals surface area contributed by atoms with Gasteiger partial charge in [0.25, 0.3) is 5.91 Å². The Hall–Kier alpha value is -4.34. The Bertz CT molecular complexity index is 1390. The number of aliphatic carboxylic acids is 1. The molecular formula is C24H19F3N4O3. The molecule has 0 saturated carbocycles. The van der Waals surface area contributed by atoms with E-state index in [1.165, 1.54) is 5.39 Å². The first-order chi connectivity index (χ1) is 16.2. The van der Waals surface area contributed by atoms with E-state index in [-0.39, 0.29) is 5.91 Å². The van der Waals surface area contributed by atoms with Crippen molar-refractivity contribution in [3.63, 3.8) is 0 Å². The maximum Gasteiger partial charge on any atom is 0.490 e. The molecule has 0 fully saturated rings. The third-order valence-electron chi connectivity index (χ3n) is 5.19. The first-order valence-electron chi connectivity index (χ1n) is 10.2. The summed E-state index contributed by atoms with van der Waals surface area (Å²) in [5.41, 5.74) is 6.83. The first-order valence-corrected chi connectivity index (χ1v) is 10.2. The molecule has 0 unspecified atom stereocenters. The molecule has 0 saturated heterocycles. The van der Waals surface area contributed by atoms with E-state index in [0.717, 1.165) is 45.7 Å². The maximum atomic E-state index is 12.0. The van der Waals surface area contributed by atoms with Crippen molar-refractivity contribution in [2.24, 2.45) is 0 Å². The maximum absolute atomic E-state index is 12.0. The van der Waals surface area contributed by atoms with E-state index in [9.17, 15) is 18.0 Å². The van der Waals surface area contributed by atoms with E-state index in [0.29, 0.717) is 6.54 Å². The fraction of sp³-hybridized carbons (Fsp3) is 0.125. The molecule has 4 N–H and O–H groups in total. The summed E-state index contributed by atoms with van der Waals surface area (Å²) < 4.78 is 31.7. The van der Waals surface area contributed by atoms with Gasteiger partial charge in [0.15, 0.2) is 0 Å². The smallest absolute Gasteiger partial charge is 0.475 e. The summed E-state index contributed by atoms with van der Waals surface area (Å²) in [6.45, 7) is 0.681. The predicted molar refractivity (Wildman–Crippen MR) is 121 cm³/mol. The zero-order valence-corrected chi connectivity index (χ0v) is 17.6. The molecule has 1 aliphatic rings. The van der Waals surface area contributed by atoms with Crippen LogP contribution in [0, 0.1) is 0 Å². The van der Waals surface area contributed by atoms with Gasteiger partial charge in [-0.25, -0.2) is 4.79 Å². The number of hydrogen-bond acceptors (Lipinski definition) is 3. The number of benzene rings is 1. The molecule has 3 aromatic heterocycles. The highest BCUT2D eigenvalue weighted by molar-refractivity contribution is 5.98. The number of aromatic nitrogens is 3. The van der Waals surface area contributed by atoms with Crippen LogP contribution in [0.3, 0.4) is 0 Å². The van der Waals surface area contributed by atoms with Gasteiger partial charge in [-0.15, -0.1) is 0 Å². The molecule has 0 bridgehead atoms. The van der Waals surface area contributed by atoms with Gasteiger partial charge in [0.2, 0.25) is 0 Å². The number of para-hydroxylation sites is 1. The lowest BCUT2D eigenvalue weighted by Crippen LogP contribution is -2.31. The van der Waals surface area contributed by atoms with Gasteiger partial charge < -0.3 is 20.4 Å². The largest absolute Gasteiger partial charge is 0.490 e. The van der Waals surface area contributed by atoms with Crippen LogP contribution in [0.15, 0.2) is 54.9 Å². The van der Waals surface area contributed by atoms with Gasteiger partial charge in [0.1, 0.15) is 0 Å². The average molecular weight is 468 g/mol. The monoisotopic (exact) mass is 468 g/mol. The van der Waals surface area contributed by atoms with Crippen LogP contribution in [0.1, 0.15) is 27.3 Å². The van der Waals surface area contributed by atoms with E-state index in [1.54, 1.807) is 6.20 Å². The lowest BCUT2D eigenvalue weighted by molar-refractivity contribution is -0.192. The van der Waals surface area contributed by atoms with Crippen molar-refractivity contribution in [3.8, 4) is 11.3 Å². The second-order valence-corrected chi connectivity index (χ2v) is 7.48. The zero-order valence-electron chi connectivity index (χ0n) is 17.6. The minimum Gasteiger partial charge on any atom is -0.475 e. The van der Waals surface area contributed by atoms with E-state index in [4.69, 9.17) is 9.90 Å². The molecule has 4 heterocycles. The number of nitrogens with zero attached hydrogens (tertiary/aromatic N) is 1. The number of halogens is 3. The number of fused-ring (bicyclic) bond motifs is 2. The van der Waals surface area contributed by atoms with Gasteiger partial charge in [-0.3, -0.25) is 9.78 Å². The first kappa shape index (κ1) is 22.8. The molecule has 0 radical (unpaired) electrons. The molecule has 174 valence electrons. The summed E-state index contributed by atoms with van der Waals surface area (Å²) in [6, 6.07) is 14.1. The third-order valence-corrected chi connectivity index (χ3v) is 5.19. The SMILES string of the molecule is O=C(O)C(F)(F)F.O=C1NCCc2[nH]c(-c3ccnc(/C=C/c4c[nH]c5ccccc45)c3)cc21. The molecule has 1 aromatic carbocycles. The molecule has 1 amide bonds. The number of pyridine rings is 1. The molecule has 1 aliphatic heterocycles. The summed E-state index contributed by atoms with van der Waals surface area (Å²) in [5, 5.41) is 11.2. The summed E-state index contributed by atoms with van der Waals surface area (Å²) in [5.74, 6) is -2.76. The van der Waals surface area contributed by atoms with Crippen LogP contribution in [0.25, 0.3) is 34.3 Å². The summed E-state index contributed by atoms with van der Waals surface area (Å²) in [4.78, 5) is 32.0. The highest BCUT2D eigenvalue weighted by Crippen LogP contribution is 2.25. The summed E-state index contributed by atoms with van der Waals surface area (Å²) >= 11 is 0. The van der Waals surface area contributed by atoms with Gasteiger partial charge in [0.05, 0.1) is 11.3 Å². The molecule has 34 heavy (non-hydrogen) atoms. The number of alkyl halides is 3. The lowest BCUT2D eigenvalue weighted by Gasteiger charge is -2.10. The standard InChI is InChI=1S/C22H18N4O.C2HF3O2/c27-22-18-12-21(26-20(18)8-10-24-22)14-7-9-23-16(11-14)6-5-15-13-25-19-4-2-1-3-17(15)19;3-2(4,5)1(6)7/h1-7,9,11-13,25-26H,8,10H2,(H,24,27);(H,6,7)/b6-5+;. The molecule has 4 aromatic rings. The number of H-pyrrole nitrogens is 2. The number of carbonyl (C=O) groups excluding carboxylic acids is 1. The number of carbonyl (C=O) groups is 2. The molecule has 7 nitrogen and oxygen atoms in total. The highest BCUT2D eigenvalue weighted by atomic mass is 19.4. The number of carboxylic acids is 1. The Balaban J connectivity index is 0.000000344. The van der Waals surface area contributed by atoms with Crippen molar-refractivity contribution in [1.29, 1.82) is 0 Å². The van der Waals surface area contributed by atoms with Crippen molar-refractivity contribution in [3.05, 3.63) is 77.4 Å². The highest BCUT2D eigenvalue weighted by Gasteiger charge is 2.38. The Morgan fingerprint density at radius 3 is 2.62 bits per heavy atom. The van der Waals surface area contributed by atoms with Gasteiger partial charge in [-0.1, -0.05) is 24.3 Å². The van der Waals surface area contributed by atoms with Crippen LogP contribution in [-0.4, -0.2) is 44.7 Å². The molecule has 5 rings (SSSR count). The minimum atomic E-state index is -5.08. The average Bonchev–Trinajstić information content (AvgIpc) is 3.43. The van der Waals surface area contributed by atoms with E-state index in [2.05, 4.69) is 38.5 Å². The van der Waals surface area contributed by atoms with Crippen molar-refractivity contribution >= 4 is 34.9 Å². The number of amides is 1. The Morgan fingerprint density at radius 1 is 1.12 bits per heavy atom. The molecule has 0 atom stereocenters. The number of nitrogens with one attached hydrogen (secondary N) is 3. The second kappa shape index (κ2) is 9.26. The van der Waals surface area contributed by atoms with E-state index >= 15 is 0 Å². The molecule has 0 spiro atoms. The lowest BCUT2D eigenvalue weighted by atomic mass is 10.1. The van der Waals surface area contributed by atoms with E-state index < -0.39 is 12.1 Å². The summed E-state index contributed by atoms with van der Waals surface area (Å²) in [7, 11) is 0. The minimum absolute atomic E-state index is 0.00717. The molecular weight excluding hydrogens is 449 g/mol. The van der Waals surface area contributed by atoms with Crippen molar-refractivity contribution in [1.82, 2.24) is 20.3 Å². The number of hydrogen-bond donors (Lipinski definition) is 4. The van der Waals surface area contributed by atoms with Crippen LogP contribution in [0.5, 0.6) is 0 Å². The fourth-order valence-corrected chi connectivity index (χ4v) is 3.56. The quantitative estimate of drug-likeness (QED) is 0.351. The topological polar surface area (TPSA) is 111 Å². The normalized spacial score (nSPS) is 13.3. The Morgan fingerprint density at radius 2 is 1.88 bits per heavy atom.